The maximum atomic E-state index is 12.0. The van der Waals surface area contributed by atoms with Gasteiger partial charge in [0.15, 0.2) is 6.10 Å². The van der Waals surface area contributed by atoms with E-state index in [2.05, 4.69) is 13.8 Å². The number of esters is 2. The van der Waals surface area contributed by atoms with E-state index in [9.17, 15) is 14.7 Å². The number of carbonyl (C=O) groups is 2. The zero-order valence-electron chi connectivity index (χ0n) is 24.7. The average molecular weight is 527 g/mol. The lowest BCUT2D eigenvalue weighted by Crippen LogP contribution is -2.28. The van der Waals surface area contributed by atoms with Crippen LogP contribution in [0.1, 0.15) is 174 Å². The van der Waals surface area contributed by atoms with E-state index in [0.717, 1.165) is 38.5 Å². The standard InChI is InChI=1S/C32H62O5/c1-3-5-7-9-10-11-12-13-14-15-16-17-18-19-20-21-23-25-27-32(35)37-30(28-33)29-36-31(34)26-24-22-8-6-4-2/h30,33H,3-29H2,1-2H3. The third-order valence-electron chi connectivity index (χ3n) is 7.15. The number of hydrogen-bond acceptors (Lipinski definition) is 5. The Bertz CT molecular complexity index is 494. The molecule has 0 fully saturated rings. The van der Waals surface area contributed by atoms with Gasteiger partial charge in [-0.25, -0.2) is 0 Å². The van der Waals surface area contributed by atoms with Gasteiger partial charge in [0.1, 0.15) is 6.61 Å². The van der Waals surface area contributed by atoms with Crippen molar-refractivity contribution in [2.24, 2.45) is 0 Å². The van der Waals surface area contributed by atoms with Gasteiger partial charge < -0.3 is 14.6 Å². The zero-order chi connectivity index (χ0) is 27.2. The summed E-state index contributed by atoms with van der Waals surface area (Å²) in [5, 5.41) is 9.42. The Labute approximate surface area is 229 Å². The summed E-state index contributed by atoms with van der Waals surface area (Å²) in [4.78, 5) is 23.8. The third kappa shape index (κ3) is 27.7. The fourth-order valence-electron chi connectivity index (χ4n) is 4.67. The van der Waals surface area contributed by atoms with Crippen LogP contribution in [0.5, 0.6) is 0 Å². The highest BCUT2D eigenvalue weighted by Gasteiger charge is 2.16. The van der Waals surface area contributed by atoms with Crippen LogP contribution in [-0.2, 0) is 19.1 Å². The van der Waals surface area contributed by atoms with E-state index >= 15 is 0 Å². The summed E-state index contributed by atoms with van der Waals surface area (Å²) < 4.78 is 10.4. The first-order chi connectivity index (χ1) is 18.1. The zero-order valence-corrected chi connectivity index (χ0v) is 24.7. The Morgan fingerprint density at radius 1 is 0.514 bits per heavy atom. The largest absolute Gasteiger partial charge is 0.462 e. The normalized spacial score (nSPS) is 12.0. The minimum atomic E-state index is -0.757. The van der Waals surface area contributed by atoms with E-state index in [4.69, 9.17) is 9.47 Å². The number of aliphatic hydroxyl groups is 1. The Balaban J connectivity index is 3.45. The van der Waals surface area contributed by atoms with E-state index in [-0.39, 0.29) is 25.2 Å². The van der Waals surface area contributed by atoms with Crippen LogP contribution in [0.2, 0.25) is 0 Å². The SMILES string of the molecule is CCCCCCCCCCCCCCCCCCCCC(=O)OC(CO)COC(=O)CCCCCCC. The Morgan fingerprint density at radius 3 is 1.19 bits per heavy atom. The smallest absolute Gasteiger partial charge is 0.306 e. The molecule has 0 spiro atoms. The van der Waals surface area contributed by atoms with E-state index in [1.54, 1.807) is 0 Å². The quantitative estimate of drug-likeness (QED) is 0.0776. The van der Waals surface area contributed by atoms with Crippen LogP contribution < -0.4 is 0 Å². The minimum Gasteiger partial charge on any atom is -0.462 e. The molecule has 37 heavy (non-hydrogen) atoms. The molecule has 1 unspecified atom stereocenters. The van der Waals surface area contributed by atoms with Gasteiger partial charge in [-0.05, 0) is 12.8 Å². The van der Waals surface area contributed by atoms with Crippen LogP contribution in [0.15, 0.2) is 0 Å². The summed E-state index contributed by atoms with van der Waals surface area (Å²) in [6.07, 6.45) is 29.0. The molecule has 0 heterocycles. The Hall–Kier alpha value is -1.10. The van der Waals surface area contributed by atoms with Crippen LogP contribution in [0.4, 0.5) is 0 Å². The van der Waals surface area contributed by atoms with E-state index in [0.29, 0.717) is 12.8 Å². The summed E-state index contributed by atoms with van der Waals surface area (Å²) in [5.74, 6) is -0.597. The lowest BCUT2D eigenvalue weighted by atomic mass is 10.0. The predicted molar refractivity (Wildman–Crippen MR) is 155 cm³/mol. The molecular weight excluding hydrogens is 464 g/mol. The van der Waals surface area contributed by atoms with E-state index in [1.807, 2.05) is 0 Å². The molecule has 0 amide bonds. The van der Waals surface area contributed by atoms with Gasteiger partial charge in [-0.15, -0.1) is 0 Å². The fourth-order valence-corrected chi connectivity index (χ4v) is 4.67. The molecule has 0 bridgehead atoms. The number of carbonyl (C=O) groups excluding carboxylic acids is 2. The second-order valence-corrected chi connectivity index (χ2v) is 10.9. The Kier molecular flexibility index (Phi) is 28.6. The highest BCUT2D eigenvalue weighted by Crippen LogP contribution is 2.15. The molecule has 1 N–H and O–H groups in total. The van der Waals surface area contributed by atoms with Crippen LogP contribution in [0, 0.1) is 0 Å². The molecule has 0 radical (unpaired) electrons. The van der Waals surface area contributed by atoms with Crippen molar-refractivity contribution in [2.45, 2.75) is 180 Å². The summed E-state index contributed by atoms with van der Waals surface area (Å²) in [7, 11) is 0. The monoisotopic (exact) mass is 526 g/mol. The van der Waals surface area contributed by atoms with Crippen LogP contribution >= 0.6 is 0 Å². The summed E-state index contributed by atoms with van der Waals surface area (Å²) in [6, 6.07) is 0. The molecule has 0 aromatic rings. The first kappa shape index (κ1) is 35.9. The van der Waals surface area contributed by atoms with Gasteiger partial charge in [0.25, 0.3) is 0 Å². The highest BCUT2D eigenvalue weighted by molar-refractivity contribution is 5.70. The van der Waals surface area contributed by atoms with Crippen molar-refractivity contribution in [3.63, 3.8) is 0 Å². The maximum absolute atomic E-state index is 12.0. The second kappa shape index (κ2) is 29.5. The van der Waals surface area contributed by atoms with Crippen molar-refractivity contribution in [1.29, 1.82) is 0 Å². The van der Waals surface area contributed by atoms with Crippen molar-refractivity contribution >= 4 is 11.9 Å². The molecular formula is C32H62O5. The fraction of sp³-hybridized carbons (Fsp3) is 0.938. The number of rotatable bonds is 29. The molecule has 0 saturated heterocycles. The van der Waals surface area contributed by atoms with Gasteiger partial charge in [-0.2, -0.15) is 0 Å². The topological polar surface area (TPSA) is 72.8 Å². The summed E-state index contributed by atoms with van der Waals surface area (Å²) in [6.45, 7) is 4.05. The molecule has 0 saturated carbocycles. The first-order valence-corrected chi connectivity index (χ1v) is 16.1. The lowest BCUT2D eigenvalue weighted by molar-refractivity contribution is -0.161. The molecule has 1 atom stereocenters. The molecule has 0 aliphatic carbocycles. The third-order valence-corrected chi connectivity index (χ3v) is 7.15. The van der Waals surface area contributed by atoms with Gasteiger partial charge in [0.2, 0.25) is 0 Å². The van der Waals surface area contributed by atoms with Crippen molar-refractivity contribution < 1.29 is 24.2 Å². The first-order valence-electron chi connectivity index (χ1n) is 16.1. The van der Waals surface area contributed by atoms with Crippen molar-refractivity contribution in [2.75, 3.05) is 13.2 Å². The minimum absolute atomic E-state index is 0.0604. The highest BCUT2D eigenvalue weighted by atomic mass is 16.6. The van der Waals surface area contributed by atoms with Crippen molar-refractivity contribution in [3.05, 3.63) is 0 Å². The van der Waals surface area contributed by atoms with Gasteiger partial charge in [-0.1, -0.05) is 149 Å². The molecule has 5 heteroatoms. The molecule has 220 valence electrons. The van der Waals surface area contributed by atoms with Crippen LogP contribution in [-0.4, -0.2) is 36.4 Å². The molecule has 0 rings (SSSR count). The average Bonchev–Trinajstić information content (AvgIpc) is 2.90. The van der Waals surface area contributed by atoms with Gasteiger partial charge in [0, 0.05) is 12.8 Å². The van der Waals surface area contributed by atoms with Gasteiger partial charge in [0.05, 0.1) is 6.61 Å². The molecule has 0 aliphatic rings. The molecule has 0 aromatic carbocycles. The van der Waals surface area contributed by atoms with Crippen molar-refractivity contribution in [1.82, 2.24) is 0 Å². The van der Waals surface area contributed by atoms with E-state index in [1.165, 1.54) is 109 Å². The second-order valence-electron chi connectivity index (χ2n) is 10.9. The number of aliphatic hydroxyl groups excluding tert-OH is 1. The number of unbranched alkanes of at least 4 members (excludes halogenated alkanes) is 21. The lowest BCUT2D eigenvalue weighted by Gasteiger charge is -2.15. The van der Waals surface area contributed by atoms with Crippen molar-refractivity contribution in [3.8, 4) is 0 Å². The van der Waals surface area contributed by atoms with Crippen LogP contribution in [0.25, 0.3) is 0 Å². The number of hydrogen-bond donors (Lipinski definition) is 1. The van der Waals surface area contributed by atoms with Gasteiger partial charge >= 0.3 is 11.9 Å². The number of ether oxygens (including phenoxy) is 2. The van der Waals surface area contributed by atoms with E-state index < -0.39 is 6.10 Å². The summed E-state index contributed by atoms with van der Waals surface area (Å²) >= 11 is 0. The Morgan fingerprint density at radius 2 is 0.838 bits per heavy atom. The predicted octanol–water partition coefficient (Wildman–Crippen LogP) is 9.23. The van der Waals surface area contributed by atoms with Gasteiger partial charge in [-0.3, -0.25) is 9.59 Å². The maximum Gasteiger partial charge on any atom is 0.306 e. The summed E-state index contributed by atoms with van der Waals surface area (Å²) in [5.41, 5.74) is 0. The van der Waals surface area contributed by atoms with Crippen LogP contribution in [0.3, 0.4) is 0 Å². The molecule has 5 nitrogen and oxygen atoms in total. The molecule has 0 aromatic heterocycles. The molecule has 0 aliphatic heterocycles.